The molecular formula is C14H12N4. The van der Waals surface area contributed by atoms with E-state index < -0.39 is 0 Å². The van der Waals surface area contributed by atoms with Crippen molar-refractivity contribution < 1.29 is 0 Å². The van der Waals surface area contributed by atoms with Crippen LogP contribution in [0.15, 0.2) is 55.0 Å². The minimum Gasteiger partial charge on any atom is -0.405 e. The van der Waals surface area contributed by atoms with E-state index in [4.69, 9.17) is 5.73 Å². The van der Waals surface area contributed by atoms with Gasteiger partial charge in [-0.05, 0) is 18.3 Å². The number of imidazole rings is 1. The zero-order chi connectivity index (χ0) is 12.4. The Labute approximate surface area is 104 Å². The van der Waals surface area contributed by atoms with Crippen molar-refractivity contribution in [1.29, 1.82) is 0 Å². The maximum atomic E-state index is 5.35. The first kappa shape index (κ1) is 10.5. The summed E-state index contributed by atoms with van der Waals surface area (Å²) in [4.78, 5) is 8.90. The van der Waals surface area contributed by atoms with Crippen LogP contribution in [0.2, 0.25) is 0 Å². The lowest BCUT2D eigenvalue weighted by Crippen LogP contribution is -1.89. The Kier molecular flexibility index (Phi) is 2.53. The molecule has 88 valence electrons. The third kappa shape index (κ3) is 1.84. The molecule has 0 radical (unpaired) electrons. The van der Waals surface area contributed by atoms with Crippen LogP contribution in [0.25, 0.3) is 23.1 Å². The maximum absolute atomic E-state index is 5.35. The van der Waals surface area contributed by atoms with Gasteiger partial charge < -0.3 is 5.73 Å². The van der Waals surface area contributed by atoms with E-state index in [0.29, 0.717) is 5.78 Å². The van der Waals surface area contributed by atoms with Crippen molar-refractivity contribution in [3.8, 4) is 11.3 Å². The van der Waals surface area contributed by atoms with Crippen LogP contribution in [0, 0.1) is 0 Å². The van der Waals surface area contributed by atoms with Crippen LogP contribution in [0.1, 0.15) is 5.69 Å². The Morgan fingerprint density at radius 2 is 1.89 bits per heavy atom. The second-order valence-corrected chi connectivity index (χ2v) is 3.91. The Hall–Kier alpha value is -2.62. The fourth-order valence-corrected chi connectivity index (χ4v) is 1.83. The van der Waals surface area contributed by atoms with Crippen LogP contribution in [0.5, 0.6) is 0 Å². The van der Waals surface area contributed by atoms with Gasteiger partial charge in [0, 0.05) is 18.0 Å². The van der Waals surface area contributed by atoms with Gasteiger partial charge in [0.05, 0.1) is 11.4 Å². The first-order valence-electron chi connectivity index (χ1n) is 5.66. The molecule has 2 heterocycles. The van der Waals surface area contributed by atoms with Crippen LogP contribution >= 0.6 is 0 Å². The van der Waals surface area contributed by atoms with E-state index in [1.165, 1.54) is 6.20 Å². The van der Waals surface area contributed by atoms with E-state index in [0.717, 1.165) is 17.0 Å². The highest BCUT2D eigenvalue weighted by Crippen LogP contribution is 2.17. The van der Waals surface area contributed by atoms with Gasteiger partial charge in [0.1, 0.15) is 0 Å². The van der Waals surface area contributed by atoms with Crippen molar-refractivity contribution in [3.05, 3.63) is 60.7 Å². The number of hydrogen-bond acceptors (Lipinski definition) is 3. The van der Waals surface area contributed by atoms with Gasteiger partial charge in [0.25, 0.3) is 0 Å². The van der Waals surface area contributed by atoms with Gasteiger partial charge in [-0.2, -0.15) is 0 Å². The summed E-state index contributed by atoms with van der Waals surface area (Å²) in [6.45, 7) is 0. The highest BCUT2D eigenvalue weighted by Gasteiger charge is 2.04. The predicted octanol–water partition coefficient (Wildman–Crippen LogP) is 2.33. The summed E-state index contributed by atoms with van der Waals surface area (Å²) < 4.78 is 1.90. The highest BCUT2D eigenvalue weighted by molar-refractivity contribution is 5.61. The second kappa shape index (κ2) is 4.33. The van der Waals surface area contributed by atoms with E-state index in [9.17, 15) is 0 Å². The summed E-state index contributed by atoms with van der Waals surface area (Å²) in [5.41, 5.74) is 8.15. The van der Waals surface area contributed by atoms with E-state index in [2.05, 4.69) is 9.97 Å². The molecule has 0 spiro atoms. The predicted molar refractivity (Wildman–Crippen MR) is 71.6 cm³/mol. The summed E-state index contributed by atoms with van der Waals surface area (Å²) in [6, 6.07) is 11.9. The van der Waals surface area contributed by atoms with Crippen LogP contribution in [-0.4, -0.2) is 14.4 Å². The molecule has 0 unspecified atom stereocenters. The van der Waals surface area contributed by atoms with Crippen LogP contribution in [0.3, 0.4) is 0 Å². The first-order valence-corrected chi connectivity index (χ1v) is 5.66. The van der Waals surface area contributed by atoms with Crippen molar-refractivity contribution in [2.75, 3.05) is 0 Å². The van der Waals surface area contributed by atoms with Crippen LogP contribution in [0.4, 0.5) is 0 Å². The number of nitrogens with zero attached hydrogens (tertiary/aromatic N) is 3. The van der Waals surface area contributed by atoms with Gasteiger partial charge in [-0.15, -0.1) is 0 Å². The summed E-state index contributed by atoms with van der Waals surface area (Å²) in [6.07, 6.45) is 7.11. The fourth-order valence-electron chi connectivity index (χ4n) is 1.83. The highest BCUT2D eigenvalue weighted by atomic mass is 15.1. The summed E-state index contributed by atoms with van der Waals surface area (Å²) >= 11 is 0. The molecule has 0 aliphatic rings. The molecule has 0 aliphatic carbocycles. The lowest BCUT2D eigenvalue weighted by molar-refractivity contribution is 1.10. The monoisotopic (exact) mass is 236 g/mol. The summed E-state index contributed by atoms with van der Waals surface area (Å²) in [5, 5.41) is 0. The summed E-state index contributed by atoms with van der Waals surface area (Å²) in [7, 11) is 0. The normalized spacial score (nSPS) is 11.3. The van der Waals surface area contributed by atoms with Gasteiger partial charge in [-0.25, -0.2) is 9.97 Å². The first-order chi connectivity index (χ1) is 8.86. The van der Waals surface area contributed by atoms with Gasteiger partial charge in [-0.3, -0.25) is 4.40 Å². The molecule has 0 bridgehead atoms. The smallest absolute Gasteiger partial charge is 0.234 e. The Balaban J connectivity index is 2.11. The summed E-state index contributed by atoms with van der Waals surface area (Å²) in [5.74, 6) is 0.671. The molecule has 2 aromatic heterocycles. The Morgan fingerprint density at radius 3 is 2.67 bits per heavy atom. The minimum atomic E-state index is 0.671. The van der Waals surface area contributed by atoms with Crippen molar-refractivity contribution in [1.82, 2.24) is 14.4 Å². The van der Waals surface area contributed by atoms with Crippen molar-refractivity contribution in [2.45, 2.75) is 0 Å². The molecule has 0 saturated carbocycles. The lowest BCUT2D eigenvalue weighted by Gasteiger charge is -1.93. The van der Waals surface area contributed by atoms with Crippen LogP contribution in [-0.2, 0) is 0 Å². The van der Waals surface area contributed by atoms with Gasteiger partial charge in [0.2, 0.25) is 5.78 Å². The number of benzene rings is 1. The molecule has 0 amide bonds. The van der Waals surface area contributed by atoms with Gasteiger partial charge in [-0.1, -0.05) is 30.3 Å². The number of fused-ring (bicyclic) bond motifs is 1. The average Bonchev–Trinajstić information content (AvgIpc) is 2.83. The number of aromatic nitrogens is 3. The van der Waals surface area contributed by atoms with Crippen molar-refractivity contribution in [3.63, 3.8) is 0 Å². The van der Waals surface area contributed by atoms with Crippen LogP contribution < -0.4 is 5.73 Å². The molecule has 1 aromatic carbocycles. The molecule has 4 nitrogen and oxygen atoms in total. The molecule has 3 aromatic rings. The van der Waals surface area contributed by atoms with E-state index in [-0.39, 0.29) is 0 Å². The molecule has 18 heavy (non-hydrogen) atoms. The van der Waals surface area contributed by atoms with Crippen molar-refractivity contribution >= 4 is 11.9 Å². The topological polar surface area (TPSA) is 56.2 Å². The molecule has 2 N–H and O–H groups in total. The average molecular weight is 236 g/mol. The molecule has 4 heteroatoms. The number of rotatable bonds is 2. The zero-order valence-electron chi connectivity index (χ0n) is 9.69. The third-order valence-electron chi connectivity index (χ3n) is 2.68. The Bertz CT molecular complexity index is 698. The second-order valence-electron chi connectivity index (χ2n) is 3.91. The maximum Gasteiger partial charge on any atom is 0.234 e. The van der Waals surface area contributed by atoms with E-state index >= 15 is 0 Å². The zero-order valence-corrected chi connectivity index (χ0v) is 9.69. The molecule has 0 aliphatic heterocycles. The SMILES string of the molecule is NC=Cc1ccn2cc(-c3ccccc3)nc2n1. The Morgan fingerprint density at radius 1 is 1.06 bits per heavy atom. The lowest BCUT2D eigenvalue weighted by atomic mass is 10.2. The third-order valence-corrected chi connectivity index (χ3v) is 2.68. The largest absolute Gasteiger partial charge is 0.405 e. The minimum absolute atomic E-state index is 0.671. The number of nitrogens with two attached hydrogens (primary N) is 1. The molecular weight excluding hydrogens is 224 g/mol. The quantitative estimate of drug-likeness (QED) is 0.743. The van der Waals surface area contributed by atoms with Gasteiger partial charge in [0.15, 0.2) is 0 Å². The van der Waals surface area contributed by atoms with Gasteiger partial charge >= 0.3 is 0 Å². The standard InChI is InChI=1S/C14H12N4/c15-8-6-12-7-9-18-10-13(17-14(18)16-12)11-4-2-1-3-5-11/h1-10H,15H2. The molecule has 3 rings (SSSR count). The van der Waals surface area contributed by atoms with E-state index in [1.54, 1.807) is 6.08 Å². The van der Waals surface area contributed by atoms with Crippen molar-refractivity contribution in [2.24, 2.45) is 5.73 Å². The molecule has 0 saturated heterocycles. The van der Waals surface area contributed by atoms with E-state index in [1.807, 2.05) is 53.2 Å². The molecule has 0 fully saturated rings. The molecule has 0 atom stereocenters. The number of hydrogen-bond donors (Lipinski definition) is 1. The fraction of sp³-hybridized carbons (Fsp3) is 0.